The predicted octanol–water partition coefficient (Wildman–Crippen LogP) is 6.14. The molecule has 0 saturated carbocycles. The van der Waals surface area contributed by atoms with Gasteiger partial charge in [0.25, 0.3) is 0 Å². The van der Waals surface area contributed by atoms with Gasteiger partial charge in [-0.25, -0.2) is 4.79 Å². The van der Waals surface area contributed by atoms with Gasteiger partial charge >= 0.3 is 6.09 Å². The van der Waals surface area contributed by atoms with Gasteiger partial charge in [0.2, 0.25) is 11.8 Å². The van der Waals surface area contributed by atoms with Crippen molar-refractivity contribution >= 4 is 30.5 Å². The third-order valence-corrected chi connectivity index (χ3v) is 7.08. The number of aryl methyl sites for hydroxylation is 2. The van der Waals surface area contributed by atoms with Crippen LogP contribution in [-0.2, 0) is 20.9 Å². The molecule has 3 unspecified atom stereocenters. The number of thiol groups is 1. The minimum absolute atomic E-state index is 0.0522. The zero-order valence-electron chi connectivity index (χ0n) is 25.3. The van der Waals surface area contributed by atoms with Gasteiger partial charge in [-0.15, -0.1) is 0 Å². The molecule has 0 aliphatic carbocycles. The van der Waals surface area contributed by atoms with Crippen LogP contribution in [0.4, 0.5) is 4.79 Å². The molecule has 2 aromatic rings. The zero-order valence-corrected chi connectivity index (χ0v) is 26.2. The number of nitrogens with zero attached hydrogens (tertiary/aromatic N) is 1. The summed E-state index contributed by atoms with van der Waals surface area (Å²) in [6.45, 7) is 15.8. The first-order chi connectivity index (χ1) is 18.7. The second kappa shape index (κ2) is 15.1. The van der Waals surface area contributed by atoms with E-state index in [2.05, 4.69) is 37.1 Å². The van der Waals surface area contributed by atoms with E-state index in [9.17, 15) is 14.4 Å². The molecule has 3 amide bonds. The van der Waals surface area contributed by atoms with Crippen molar-refractivity contribution in [2.75, 3.05) is 5.75 Å². The molecule has 8 heteroatoms. The highest BCUT2D eigenvalue weighted by molar-refractivity contribution is 7.80. The summed E-state index contributed by atoms with van der Waals surface area (Å²) in [5.74, 6) is -0.178. The topological polar surface area (TPSA) is 87.7 Å². The lowest BCUT2D eigenvalue weighted by molar-refractivity contribution is -0.144. The van der Waals surface area contributed by atoms with Crippen LogP contribution >= 0.6 is 12.6 Å². The molecule has 0 aliphatic heterocycles. The Hall–Kier alpha value is -3.00. The highest BCUT2D eigenvalue weighted by Gasteiger charge is 2.39. The maximum atomic E-state index is 14.3. The van der Waals surface area contributed by atoms with Crippen molar-refractivity contribution in [3.63, 3.8) is 0 Å². The number of amides is 3. The normalized spacial score (nSPS) is 13.8. The van der Waals surface area contributed by atoms with Crippen molar-refractivity contribution in [1.82, 2.24) is 15.5 Å². The largest absolute Gasteiger partial charge is 0.444 e. The van der Waals surface area contributed by atoms with Crippen molar-refractivity contribution in [2.24, 2.45) is 5.92 Å². The van der Waals surface area contributed by atoms with Crippen molar-refractivity contribution in [3.05, 3.63) is 70.8 Å². The number of benzene rings is 2. The van der Waals surface area contributed by atoms with Crippen LogP contribution in [0.5, 0.6) is 0 Å². The Labute approximate surface area is 245 Å². The summed E-state index contributed by atoms with van der Waals surface area (Å²) in [5.41, 5.74) is 2.85. The van der Waals surface area contributed by atoms with E-state index in [1.54, 1.807) is 25.7 Å². The fourth-order valence-electron chi connectivity index (χ4n) is 4.66. The first kappa shape index (κ1) is 33.2. The van der Waals surface area contributed by atoms with Crippen molar-refractivity contribution in [2.45, 2.75) is 98.5 Å². The van der Waals surface area contributed by atoms with Crippen LogP contribution < -0.4 is 10.6 Å². The fourth-order valence-corrected chi connectivity index (χ4v) is 4.91. The van der Waals surface area contributed by atoms with Crippen LogP contribution in [0.2, 0.25) is 0 Å². The van der Waals surface area contributed by atoms with Crippen LogP contribution in [0, 0.1) is 19.8 Å². The highest BCUT2D eigenvalue weighted by Crippen LogP contribution is 2.32. The number of hydrogen-bond donors (Lipinski definition) is 3. The van der Waals surface area contributed by atoms with Gasteiger partial charge in [0.05, 0.1) is 0 Å². The Morgan fingerprint density at radius 1 is 0.925 bits per heavy atom. The van der Waals surface area contributed by atoms with Gasteiger partial charge in [-0.3, -0.25) is 9.59 Å². The summed E-state index contributed by atoms with van der Waals surface area (Å²) < 4.78 is 5.42. The van der Waals surface area contributed by atoms with Crippen molar-refractivity contribution < 1.29 is 19.1 Å². The monoisotopic (exact) mass is 569 g/mol. The number of carbonyl (C=O) groups is 3. The number of hydrogen-bond acceptors (Lipinski definition) is 5. The average molecular weight is 570 g/mol. The molecule has 0 aromatic heterocycles. The van der Waals surface area contributed by atoms with E-state index in [-0.39, 0.29) is 23.6 Å². The standard InChI is InChI=1S/C32H47N3O4S/c1-21(2)17-18-24(5)35(30(37)26(20-40)34-31(38)39-32(6,7)8)28(27-22(3)13-12-14-23(27)4)29(36)33-19-25-15-10-9-11-16-25/h9-16,21,24,26,28,40H,17-20H2,1-8H3,(H,33,36)(H,34,38). The average Bonchev–Trinajstić information content (AvgIpc) is 2.87. The Balaban J connectivity index is 2.57. The third kappa shape index (κ3) is 9.88. The molecule has 0 bridgehead atoms. The Kier molecular flexibility index (Phi) is 12.6. The van der Waals surface area contributed by atoms with Gasteiger partial charge < -0.3 is 20.3 Å². The summed E-state index contributed by atoms with van der Waals surface area (Å²) in [7, 11) is 0. The van der Waals surface area contributed by atoms with Crippen molar-refractivity contribution in [3.8, 4) is 0 Å². The van der Waals surface area contributed by atoms with Crippen LogP contribution in [0.1, 0.15) is 82.7 Å². The van der Waals surface area contributed by atoms with Gasteiger partial charge in [-0.1, -0.05) is 62.4 Å². The summed E-state index contributed by atoms with van der Waals surface area (Å²) >= 11 is 4.41. The smallest absolute Gasteiger partial charge is 0.408 e. The Morgan fingerprint density at radius 2 is 1.52 bits per heavy atom. The summed E-state index contributed by atoms with van der Waals surface area (Å²) in [5, 5.41) is 5.77. The molecule has 0 aliphatic rings. The van der Waals surface area contributed by atoms with Gasteiger partial charge in [-0.2, -0.15) is 12.6 Å². The number of carbonyl (C=O) groups excluding carboxylic acids is 3. The summed E-state index contributed by atoms with van der Waals surface area (Å²) in [4.78, 5) is 42.7. The van der Waals surface area contributed by atoms with Crippen molar-refractivity contribution in [1.29, 1.82) is 0 Å². The molecular formula is C32H47N3O4S. The summed E-state index contributed by atoms with van der Waals surface area (Å²) in [6.07, 6.45) is 0.871. The Bertz CT molecular complexity index is 1110. The minimum atomic E-state index is -0.978. The van der Waals surface area contributed by atoms with E-state index >= 15 is 0 Å². The molecular weight excluding hydrogens is 522 g/mol. The first-order valence-corrected chi connectivity index (χ1v) is 14.7. The lowest BCUT2D eigenvalue weighted by atomic mass is 9.91. The molecule has 0 saturated heterocycles. The molecule has 2 rings (SSSR count). The van der Waals surface area contributed by atoms with Crippen LogP contribution in [0.15, 0.2) is 48.5 Å². The fraction of sp³-hybridized carbons (Fsp3) is 0.531. The quantitative estimate of drug-likeness (QED) is 0.268. The van der Waals surface area contributed by atoms with E-state index in [4.69, 9.17) is 4.74 Å². The van der Waals surface area contributed by atoms with Gasteiger partial charge in [0, 0.05) is 18.3 Å². The highest BCUT2D eigenvalue weighted by atomic mass is 32.1. The number of nitrogens with one attached hydrogen (secondary N) is 2. The maximum absolute atomic E-state index is 14.3. The zero-order chi connectivity index (χ0) is 30.0. The van der Waals surface area contributed by atoms with E-state index in [1.807, 2.05) is 69.3 Å². The molecule has 40 heavy (non-hydrogen) atoms. The maximum Gasteiger partial charge on any atom is 0.408 e. The first-order valence-electron chi connectivity index (χ1n) is 14.1. The lowest BCUT2D eigenvalue weighted by Crippen LogP contribution is -2.56. The number of ether oxygens (including phenoxy) is 1. The molecule has 7 nitrogen and oxygen atoms in total. The van der Waals surface area contributed by atoms with E-state index in [0.29, 0.717) is 18.9 Å². The number of rotatable bonds is 12. The van der Waals surface area contributed by atoms with E-state index in [0.717, 1.165) is 28.7 Å². The second-order valence-corrected chi connectivity index (χ2v) is 12.2. The molecule has 220 valence electrons. The molecule has 0 spiro atoms. The van der Waals surface area contributed by atoms with Gasteiger partial charge in [0.1, 0.15) is 17.7 Å². The summed E-state index contributed by atoms with van der Waals surface area (Å²) in [6, 6.07) is 13.4. The SMILES string of the molecule is Cc1cccc(C)c1C(C(=O)NCc1ccccc1)N(C(=O)C(CS)NC(=O)OC(C)(C)C)C(C)CCC(C)C. The molecule has 3 atom stereocenters. The van der Waals surface area contributed by atoms with E-state index in [1.165, 1.54) is 0 Å². The minimum Gasteiger partial charge on any atom is -0.444 e. The van der Waals surface area contributed by atoms with Gasteiger partial charge in [-0.05, 0) is 82.6 Å². The second-order valence-electron chi connectivity index (χ2n) is 11.9. The Morgan fingerprint density at radius 3 is 2.05 bits per heavy atom. The third-order valence-electron chi connectivity index (χ3n) is 6.71. The van der Waals surface area contributed by atoms with Crippen LogP contribution in [0.3, 0.4) is 0 Å². The molecule has 2 N–H and O–H groups in total. The molecule has 0 fully saturated rings. The van der Waals surface area contributed by atoms with Crippen LogP contribution in [-0.4, -0.2) is 46.2 Å². The number of alkyl carbamates (subject to hydrolysis) is 1. The molecule has 2 aromatic carbocycles. The lowest BCUT2D eigenvalue weighted by Gasteiger charge is -2.39. The molecule has 0 heterocycles. The predicted molar refractivity (Wildman–Crippen MR) is 164 cm³/mol. The van der Waals surface area contributed by atoms with Gasteiger partial charge in [0.15, 0.2) is 0 Å². The molecule has 0 radical (unpaired) electrons. The van der Waals surface area contributed by atoms with E-state index < -0.39 is 23.8 Å². The van der Waals surface area contributed by atoms with Crippen LogP contribution in [0.25, 0.3) is 0 Å².